The highest BCUT2D eigenvalue weighted by atomic mass is 32.2. The Labute approximate surface area is 152 Å². The first-order valence-corrected chi connectivity index (χ1v) is 9.65. The van der Waals surface area contributed by atoms with E-state index in [0.717, 1.165) is 9.54 Å². The SMILES string of the molecule is CCOC(=O)c1ccc(-c2ccccc2)n1S(=O)(=O)c1ccc(C)cc1. The van der Waals surface area contributed by atoms with Crippen LogP contribution in [0, 0.1) is 6.92 Å². The highest BCUT2D eigenvalue weighted by Gasteiger charge is 2.27. The molecule has 134 valence electrons. The highest BCUT2D eigenvalue weighted by molar-refractivity contribution is 7.90. The molecule has 0 aliphatic carbocycles. The summed E-state index contributed by atoms with van der Waals surface area (Å²) >= 11 is 0. The number of carbonyl (C=O) groups is 1. The summed E-state index contributed by atoms with van der Waals surface area (Å²) in [5.74, 6) is -0.676. The van der Waals surface area contributed by atoms with Crippen molar-refractivity contribution in [1.29, 1.82) is 0 Å². The summed E-state index contributed by atoms with van der Waals surface area (Å²) in [5, 5.41) is 0. The van der Waals surface area contributed by atoms with Crippen molar-refractivity contribution in [3.8, 4) is 11.3 Å². The minimum atomic E-state index is -3.97. The Bertz CT molecular complexity index is 1020. The molecule has 5 nitrogen and oxygen atoms in total. The van der Waals surface area contributed by atoms with Gasteiger partial charge in [0.15, 0.2) is 0 Å². The number of rotatable bonds is 5. The van der Waals surface area contributed by atoms with Crippen LogP contribution in [-0.4, -0.2) is 25.0 Å². The molecule has 3 rings (SSSR count). The quantitative estimate of drug-likeness (QED) is 0.640. The molecule has 0 atom stereocenters. The number of esters is 1. The van der Waals surface area contributed by atoms with E-state index in [1.807, 2.05) is 25.1 Å². The maximum atomic E-state index is 13.3. The van der Waals surface area contributed by atoms with Gasteiger partial charge in [-0.15, -0.1) is 0 Å². The first-order valence-electron chi connectivity index (χ1n) is 8.21. The summed E-state index contributed by atoms with van der Waals surface area (Å²) in [7, 11) is -3.97. The minimum Gasteiger partial charge on any atom is -0.461 e. The molecule has 0 fully saturated rings. The molecule has 0 unspecified atom stereocenters. The summed E-state index contributed by atoms with van der Waals surface area (Å²) < 4.78 is 32.7. The van der Waals surface area contributed by atoms with E-state index in [9.17, 15) is 13.2 Å². The smallest absolute Gasteiger partial charge is 0.356 e. The van der Waals surface area contributed by atoms with Gasteiger partial charge in [0.05, 0.1) is 17.2 Å². The molecule has 0 radical (unpaired) electrons. The fourth-order valence-electron chi connectivity index (χ4n) is 2.68. The number of aryl methyl sites for hydroxylation is 1. The van der Waals surface area contributed by atoms with E-state index in [0.29, 0.717) is 11.3 Å². The maximum absolute atomic E-state index is 13.3. The van der Waals surface area contributed by atoms with Gasteiger partial charge in [0.2, 0.25) is 0 Å². The molecule has 26 heavy (non-hydrogen) atoms. The van der Waals surface area contributed by atoms with Gasteiger partial charge in [0, 0.05) is 0 Å². The largest absolute Gasteiger partial charge is 0.461 e. The van der Waals surface area contributed by atoms with Crippen LogP contribution in [0.1, 0.15) is 23.0 Å². The van der Waals surface area contributed by atoms with Crippen LogP contribution in [0.2, 0.25) is 0 Å². The minimum absolute atomic E-state index is 0.0220. The van der Waals surface area contributed by atoms with E-state index in [1.165, 1.54) is 18.2 Å². The molecular formula is C20H19NO4S. The third kappa shape index (κ3) is 3.28. The van der Waals surface area contributed by atoms with Crippen LogP contribution >= 0.6 is 0 Å². The molecule has 1 heterocycles. The van der Waals surface area contributed by atoms with E-state index < -0.39 is 16.0 Å². The Balaban J connectivity index is 2.24. The first kappa shape index (κ1) is 17.9. The lowest BCUT2D eigenvalue weighted by atomic mass is 10.2. The van der Waals surface area contributed by atoms with Crippen molar-refractivity contribution in [2.75, 3.05) is 6.61 Å². The number of ether oxygens (including phenoxy) is 1. The topological polar surface area (TPSA) is 65.4 Å². The average Bonchev–Trinajstić information content (AvgIpc) is 3.09. The predicted octanol–water partition coefficient (Wildman–Crippen LogP) is 3.88. The van der Waals surface area contributed by atoms with Crippen molar-refractivity contribution in [3.63, 3.8) is 0 Å². The number of nitrogens with zero attached hydrogens (tertiary/aromatic N) is 1. The van der Waals surface area contributed by atoms with Crippen LogP contribution in [0.15, 0.2) is 71.6 Å². The van der Waals surface area contributed by atoms with Gasteiger partial charge >= 0.3 is 5.97 Å². The molecular weight excluding hydrogens is 350 g/mol. The van der Waals surface area contributed by atoms with Crippen molar-refractivity contribution in [3.05, 3.63) is 78.0 Å². The van der Waals surface area contributed by atoms with Crippen LogP contribution in [0.25, 0.3) is 11.3 Å². The van der Waals surface area contributed by atoms with Crippen LogP contribution in [0.4, 0.5) is 0 Å². The second-order valence-electron chi connectivity index (χ2n) is 5.77. The first-order chi connectivity index (χ1) is 12.4. The summed E-state index contributed by atoms with van der Waals surface area (Å²) in [6.45, 7) is 3.72. The lowest BCUT2D eigenvalue weighted by Crippen LogP contribution is -2.20. The van der Waals surface area contributed by atoms with Crippen molar-refractivity contribution in [2.45, 2.75) is 18.7 Å². The zero-order chi connectivity index (χ0) is 18.7. The fourth-order valence-corrected chi connectivity index (χ4v) is 4.19. The van der Waals surface area contributed by atoms with Crippen LogP contribution < -0.4 is 0 Å². The van der Waals surface area contributed by atoms with Gasteiger partial charge in [0.25, 0.3) is 10.0 Å². The normalized spacial score (nSPS) is 11.3. The Morgan fingerprint density at radius 2 is 1.62 bits per heavy atom. The van der Waals surface area contributed by atoms with Gasteiger partial charge in [-0.3, -0.25) is 0 Å². The van der Waals surface area contributed by atoms with E-state index in [1.54, 1.807) is 37.3 Å². The van der Waals surface area contributed by atoms with Crippen LogP contribution in [0.5, 0.6) is 0 Å². The second-order valence-corrected chi connectivity index (χ2v) is 7.56. The van der Waals surface area contributed by atoms with Crippen molar-refractivity contribution >= 4 is 16.0 Å². The molecule has 0 N–H and O–H groups in total. The monoisotopic (exact) mass is 369 g/mol. The Morgan fingerprint density at radius 1 is 0.962 bits per heavy atom. The predicted molar refractivity (Wildman–Crippen MR) is 99.6 cm³/mol. The second kappa shape index (κ2) is 7.17. The number of carbonyl (C=O) groups excluding carboxylic acids is 1. The van der Waals surface area contributed by atoms with Crippen molar-refractivity contribution < 1.29 is 17.9 Å². The number of aromatic nitrogens is 1. The Kier molecular flexibility index (Phi) is 4.95. The van der Waals surface area contributed by atoms with E-state index in [-0.39, 0.29) is 17.2 Å². The van der Waals surface area contributed by atoms with Gasteiger partial charge < -0.3 is 4.74 Å². The lowest BCUT2D eigenvalue weighted by molar-refractivity contribution is 0.0518. The lowest BCUT2D eigenvalue weighted by Gasteiger charge is -2.14. The van der Waals surface area contributed by atoms with Crippen molar-refractivity contribution in [1.82, 2.24) is 3.97 Å². The summed E-state index contributed by atoms with van der Waals surface area (Å²) in [5.41, 5.74) is 2.03. The molecule has 1 aromatic heterocycles. The highest BCUT2D eigenvalue weighted by Crippen LogP contribution is 2.28. The summed E-state index contributed by atoms with van der Waals surface area (Å²) in [6.07, 6.45) is 0. The molecule has 0 aliphatic rings. The maximum Gasteiger partial charge on any atom is 0.356 e. The zero-order valence-corrected chi connectivity index (χ0v) is 15.4. The molecule has 0 amide bonds. The Hall–Kier alpha value is -2.86. The van der Waals surface area contributed by atoms with Crippen LogP contribution in [-0.2, 0) is 14.8 Å². The standard InChI is InChI=1S/C20H19NO4S/c1-3-25-20(22)19-14-13-18(16-7-5-4-6-8-16)21(19)26(23,24)17-11-9-15(2)10-12-17/h4-14H,3H2,1-2H3. The molecule has 2 aromatic carbocycles. The number of hydrogen-bond acceptors (Lipinski definition) is 4. The van der Waals surface area contributed by atoms with Gasteiger partial charge in [-0.05, 0) is 43.7 Å². The van der Waals surface area contributed by atoms with Gasteiger partial charge in [-0.2, -0.15) is 0 Å². The van der Waals surface area contributed by atoms with Gasteiger partial charge in [-0.1, -0.05) is 48.0 Å². The third-order valence-electron chi connectivity index (χ3n) is 3.95. The Morgan fingerprint density at radius 3 is 2.23 bits per heavy atom. The van der Waals surface area contributed by atoms with Gasteiger partial charge in [0.1, 0.15) is 5.69 Å². The molecule has 6 heteroatoms. The average molecular weight is 369 g/mol. The van der Waals surface area contributed by atoms with E-state index in [2.05, 4.69) is 0 Å². The summed E-state index contributed by atoms with van der Waals surface area (Å²) in [6, 6.07) is 18.7. The van der Waals surface area contributed by atoms with Crippen molar-refractivity contribution in [2.24, 2.45) is 0 Å². The van der Waals surface area contributed by atoms with Crippen LogP contribution in [0.3, 0.4) is 0 Å². The molecule has 0 saturated heterocycles. The molecule has 0 bridgehead atoms. The molecule has 0 aliphatic heterocycles. The molecule has 0 saturated carbocycles. The zero-order valence-electron chi connectivity index (χ0n) is 14.5. The number of hydrogen-bond donors (Lipinski definition) is 0. The third-order valence-corrected chi connectivity index (χ3v) is 5.69. The van der Waals surface area contributed by atoms with E-state index in [4.69, 9.17) is 4.74 Å². The molecule has 3 aromatic rings. The summed E-state index contributed by atoms with van der Waals surface area (Å²) in [4.78, 5) is 12.4. The fraction of sp³-hybridized carbons (Fsp3) is 0.150. The molecule has 0 spiro atoms. The van der Waals surface area contributed by atoms with E-state index >= 15 is 0 Å². The number of benzene rings is 2. The van der Waals surface area contributed by atoms with Gasteiger partial charge in [-0.25, -0.2) is 17.2 Å².